The largest absolute Gasteiger partial charge is 0.455 e. The molecule has 28 rings (SSSR count). The second kappa shape index (κ2) is 36.2. The zero-order chi connectivity index (χ0) is 94.6. The number of benzene rings is 22. The van der Waals surface area contributed by atoms with Crippen LogP contribution in [-0.4, -0.2) is 44.9 Å². The fourth-order valence-electron chi connectivity index (χ4n) is 19.8. The van der Waals surface area contributed by atoms with Crippen LogP contribution in [0.1, 0.15) is 0 Å². The summed E-state index contributed by atoms with van der Waals surface area (Å²) in [6, 6.07) is 170. The Bertz CT molecular complexity index is 9620. The Morgan fingerprint density at radius 1 is 0.119 bits per heavy atom. The predicted octanol–water partition coefficient (Wildman–Crippen LogP) is 34.4. The summed E-state index contributed by atoms with van der Waals surface area (Å²) < 4.78 is 19.9. The number of rotatable bonds is 14. The summed E-state index contributed by atoms with van der Waals surface area (Å²) in [5.74, 6) is 5.55. The number of furan rings is 3. The van der Waals surface area contributed by atoms with Crippen LogP contribution in [-0.2, 0) is 0 Å². The monoisotopic (exact) mass is 1830 g/mol. The minimum atomic E-state index is 0.596. The van der Waals surface area contributed by atoms with Crippen molar-refractivity contribution < 1.29 is 13.3 Å². The smallest absolute Gasteiger partial charge is 0.164 e. The van der Waals surface area contributed by atoms with Gasteiger partial charge in [-0.05, 0) is 184 Å². The van der Waals surface area contributed by atoms with Gasteiger partial charge >= 0.3 is 0 Å². The quantitative estimate of drug-likeness (QED) is 0.102. The van der Waals surface area contributed by atoms with Crippen molar-refractivity contribution in [3.63, 3.8) is 0 Å². The number of hydrogen-bond acceptors (Lipinski definition) is 12. The molecule has 12 heteroatoms. The maximum atomic E-state index is 6.67. The Kier molecular flexibility index (Phi) is 21.3. The van der Waals surface area contributed by atoms with Gasteiger partial charge in [0.2, 0.25) is 0 Å². The Morgan fingerprint density at radius 2 is 0.329 bits per heavy atom. The first-order chi connectivity index (χ1) is 70.8. The topological polar surface area (TPSA) is 155 Å². The first-order valence-corrected chi connectivity index (χ1v) is 47.8. The molecule has 12 nitrogen and oxygen atoms in total. The molecule has 0 saturated carbocycles. The molecule has 668 valence electrons. The third-order valence-electron chi connectivity index (χ3n) is 26.9. The van der Waals surface area contributed by atoms with E-state index in [1.807, 2.05) is 97.1 Å². The van der Waals surface area contributed by atoms with Crippen LogP contribution in [0, 0.1) is 0 Å². The molecule has 0 aliphatic rings. The van der Waals surface area contributed by atoms with Gasteiger partial charge in [-0.3, -0.25) is 0 Å². The lowest BCUT2D eigenvalue weighted by Gasteiger charge is -2.12. The normalized spacial score (nSPS) is 11.5. The van der Waals surface area contributed by atoms with Crippen LogP contribution in [0.5, 0.6) is 0 Å². The van der Waals surface area contributed by atoms with Crippen LogP contribution in [0.15, 0.2) is 505 Å². The highest BCUT2D eigenvalue weighted by Crippen LogP contribution is 2.48. The van der Waals surface area contributed by atoms with Crippen LogP contribution in [0.25, 0.3) is 278 Å². The molecule has 0 fully saturated rings. The summed E-state index contributed by atoms with van der Waals surface area (Å²) in [5, 5.41) is 17.6. The third kappa shape index (κ3) is 16.1. The predicted molar refractivity (Wildman–Crippen MR) is 585 cm³/mol. The summed E-state index contributed by atoms with van der Waals surface area (Å²) >= 11 is 0. The van der Waals surface area contributed by atoms with Crippen molar-refractivity contribution >= 4 is 120 Å². The molecule has 0 bridgehead atoms. The fraction of sp³-hybridized carbons (Fsp3) is 0. The zero-order valence-electron chi connectivity index (χ0n) is 77.0. The molecular weight excluding hydrogens is 1750 g/mol. The SMILES string of the molecule is c1ccc(-c2ccc(-c3ccc(-c4nc(-c5ccc6ccccc6c5)nc(-c5ccc6ccccc6c5)n4)c4c3oc3ccccc34)cc2)cc1.c1ccc(-c2ccc(-c3nc(-c4ccc5ccccc5c4)nc(-c4ccc5ccccc5c4)n3)c3c2oc2ccccc23)cc1.c1ccc(-c2cccc(-c3ccc(-c4nc(-c5ccccc5)nc(-c5ccc6ccccc6c5)n4)c4c3oc3ccccc34)c2)cc1. The van der Waals surface area contributed by atoms with Gasteiger partial charge < -0.3 is 13.3 Å². The highest BCUT2D eigenvalue weighted by Gasteiger charge is 2.27. The van der Waals surface area contributed by atoms with Gasteiger partial charge in [0.05, 0.1) is 0 Å². The van der Waals surface area contributed by atoms with Crippen molar-refractivity contribution in [1.29, 1.82) is 0 Å². The van der Waals surface area contributed by atoms with Gasteiger partial charge in [-0.2, -0.15) is 0 Å². The summed E-state index contributed by atoms with van der Waals surface area (Å²) in [7, 11) is 0. The molecule has 0 saturated heterocycles. The second-order valence-corrected chi connectivity index (χ2v) is 35.7. The average Bonchev–Trinajstić information content (AvgIpc) is 1.63. The number of fused-ring (bicyclic) bond motifs is 14. The van der Waals surface area contributed by atoms with Gasteiger partial charge in [-0.25, -0.2) is 44.9 Å². The Hall–Kier alpha value is -19.4. The minimum Gasteiger partial charge on any atom is -0.455 e. The molecule has 0 aliphatic heterocycles. The van der Waals surface area contributed by atoms with E-state index in [1.165, 1.54) is 43.6 Å². The molecule has 6 aromatic heterocycles. The molecule has 0 N–H and O–H groups in total. The third-order valence-corrected chi connectivity index (χ3v) is 26.9. The van der Waals surface area contributed by atoms with Gasteiger partial charge in [0.1, 0.15) is 33.5 Å². The number of nitrogens with zero attached hydrogens (tertiary/aromatic N) is 9. The van der Waals surface area contributed by atoms with Crippen LogP contribution < -0.4 is 0 Å². The van der Waals surface area contributed by atoms with E-state index >= 15 is 0 Å². The zero-order valence-corrected chi connectivity index (χ0v) is 77.0. The van der Waals surface area contributed by atoms with Gasteiger partial charge in [0.25, 0.3) is 0 Å². The van der Waals surface area contributed by atoms with Crippen molar-refractivity contribution in [1.82, 2.24) is 44.9 Å². The molecular formula is C131H81N9O3. The fourth-order valence-corrected chi connectivity index (χ4v) is 19.8. The van der Waals surface area contributed by atoms with Gasteiger partial charge in [-0.15, -0.1) is 0 Å². The average molecular weight is 1830 g/mol. The van der Waals surface area contributed by atoms with Crippen LogP contribution in [0.3, 0.4) is 0 Å². The maximum absolute atomic E-state index is 6.67. The first-order valence-electron chi connectivity index (χ1n) is 47.8. The molecule has 0 radical (unpaired) electrons. The Morgan fingerprint density at radius 3 is 0.657 bits per heavy atom. The maximum Gasteiger partial charge on any atom is 0.164 e. The lowest BCUT2D eigenvalue weighted by Crippen LogP contribution is -2.00. The Labute approximate surface area is 821 Å². The van der Waals surface area contributed by atoms with Crippen LogP contribution in [0.4, 0.5) is 0 Å². The highest BCUT2D eigenvalue weighted by molar-refractivity contribution is 6.19. The molecule has 6 heterocycles. The molecule has 22 aromatic carbocycles. The lowest BCUT2D eigenvalue weighted by atomic mass is 9.95. The molecule has 143 heavy (non-hydrogen) atoms. The van der Waals surface area contributed by atoms with E-state index < -0.39 is 0 Å². The van der Waals surface area contributed by atoms with Crippen molar-refractivity contribution in [2.75, 3.05) is 0 Å². The number of para-hydroxylation sites is 3. The molecule has 0 atom stereocenters. The van der Waals surface area contributed by atoms with Gasteiger partial charge in [0, 0.05) is 99.1 Å². The van der Waals surface area contributed by atoms with Gasteiger partial charge in [0.15, 0.2) is 52.4 Å². The van der Waals surface area contributed by atoms with E-state index in [0.29, 0.717) is 52.4 Å². The van der Waals surface area contributed by atoms with Crippen LogP contribution >= 0.6 is 0 Å². The van der Waals surface area contributed by atoms with E-state index in [4.69, 9.17) is 58.1 Å². The summed E-state index contributed by atoms with van der Waals surface area (Å²) in [4.78, 5) is 46.0. The standard InChI is InChI=1S/C47H29N3O.C43H27N3O.C41H25N3O/c1-2-10-30(11-3-1)33-18-22-34(23-19-33)39-26-27-41(43-40-16-8-9-17-42(40)51-44(39)43)47-49-45(37-24-20-31-12-4-6-14-35(31)28-37)48-46(50-47)38-25-21-32-13-5-7-15-36(32)29-38;1-3-12-28(13-4-1)32-18-11-19-33(26-32)35-24-25-37(39-36-20-9-10-21-38(36)47-40(35)39)43-45-41(30-15-5-2-6-16-30)44-42(46-43)34-23-22-29-14-7-8-17-31(29)27-34;1-2-12-28(13-3-1)33-22-23-35(37-34-16-8-9-17-36(34)45-38(33)37)41-43-39(31-20-18-26-10-4-6-14-29(26)24-31)42-40(44-41)32-21-19-27-11-5-7-15-30(27)25-32/h1-29H;1-27H;1-25H. The number of hydrogen-bond donors (Lipinski definition) is 0. The van der Waals surface area contributed by atoms with Crippen molar-refractivity contribution in [3.8, 4) is 158 Å². The lowest BCUT2D eigenvalue weighted by molar-refractivity contribution is 0.669. The molecule has 0 spiro atoms. The van der Waals surface area contributed by atoms with E-state index in [1.54, 1.807) is 0 Å². The van der Waals surface area contributed by atoms with Crippen molar-refractivity contribution in [2.45, 2.75) is 0 Å². The van der Waals surface area contributed by atoms with Crippen molar-refractivity contribution in [3.05, 3.63) is 491 Å². The highest BCUT2D eigenvalue weighted by atomic mass is 16.3. The first kappa shape index (κ1) is 84.1. The molecule has 0 aliphatic carbocycles. The van der Waals surface area contributed by atoms with Crippen LogP contribution in [0.2, 0.25) is 0 Å². The Balaban J connectivity index is 0.000000110. The summed E-state index contributed by atoms with van der Waals surface area (Å²) in [6.45, 7) is 0. The summed E-state index contributed by atoms with van der Waals surface area (Å²) in [6.07, 6.45) is 0. The van der Waals surface area contributed by atoms with E-state index in [0.717, 1.165) is 182 Å². The molecule has 0 amide bonds. The second-order valence-electron chi connectivity index (χ2n) is 35.7. The van der Waals surface area contributed by atoms with Crippen molar-refractivity contribution in [2.24, 2.45) is 0 Å². The van der Waals surface area contributed by atoms with Gasteiger partial charge in [-0.1, -0.05) is 400 Å². The summed E-state index contributed by atoms with van der Waals surface area (Å²) in [5.41, 5.74) is 24.2. The molecule has 0 unspecified atom stereocenters. The van der Waals surface area contributed by atoms with E-state index in [-0.39, 0.29) is 0 Å². The molecule has 28 aromatic rings. The van der Waals surface area contributed by atoms with E-state index in [2.05, 4.69) is 394 Å². The number of aromatic nitrogens is 9. The van der Waals surface area contributed by atoms with E-state index in [9.17, 15) is 0 Å². The minimum absolute atomic E-state index is 0.596.